The molecule has 2 atom stereocenters. The molecule has 1 saturated heterocycles. The number of carbonyl (C=O) groups excluding carboxylic acids is 2. The van der Waals surface area contributed by atoms with Crippen LogP contribution >= 0.6 is 0 Å². The van der Waals surface area contributed by atoms with Crippen LogP contribution in [0.2, 0.25) is 0 Å². The highest BCUT2D eigenvalue weighted by Crippen LogP contribution is 2.66. The first-order valence-corrected chi connectivity index (χ1v) is 12.1. The zero-order chi connectivity index (χ0) is 22.3. The molecule has 2 saturated carbocycles. The zero-order valence-corrected chi connectivity index (χ0v) is 19.3. The van der Waals surface area contributed by atoms with Crippen molar-refractivity contribution in [2.45, 2.75) is 44.9 Å². The summed E-state index contributed by atoms with van der Waals surface area (Å²) in [4.78, 5) is 30.8. The van der Waals surface area contributed by atoms with Crippen LogP contribution in [0.3, 0.4) is 0 Å². The predicted molar refractivity (Wildman–Crippen MR) is 127 cm³/mol. The average Bonchev–Trinajstić information content (AvgIpc) is 3.56. The van der Waals surface area contributed by atoms with Crippen molar-refractivity contribution in [2.24, 2.45) is 16.7 Å². The van der Waals surface area contributed by atoms with Crippen molar-refractivity contribution in [3.8, 4) is 11.1 Å². The molecule has 1 spiro atoms. The zero-order valence-electron chi connectivity index (χ0n) is 19.3. The Morgan fingerprint density at radius 2 is 1.69 bits per heavy atom. The summed E-state index contributed by atoms with van der Waals surface area (Å²) in [7, 11) is 3.69. The maximum Gasteiger partial charge on any atom is 0.230 e. The molecule has 1 aliphatic heterocycles. The van der Waals surface area contributed by atoms with Gasteiger partial charge in [0, 0.05) is 33.1 Å². The minimum Gasteiger partial charge on any atom is -0.348 e. The molecule has 5 rings (SSSR count). The second-order valence-electron chi connectivity index (χ2n) is 10.5. The molecule has 1 heterocycles. The third kappa shape index (κ3) is 3.64. The molecular weight excluding hydrogens is 396 g/mol. The summed E-state index contributed by atoms with van der Waals surface area (Å²) >= 11 is 0. The largest absolute Gasteiger partial charge is 0.348 e. The van der Waals surface area contributed by atoms with Gasteiger partial charge in [-0.15, -0.1) is 0 Å². The van der Waals surface area contributed by atoms with Gasteiger partial charge in [-0.1, -0.05) is 61.0 Å². The summed E-state index contributed by atoms with van der Waals surface area (Å²) in [5, 5.41) is 0. The fourth-order valence-corrected chi connectivity index (χ4v) is 6.23. The topological polar surface area (TPSA) is 40.6 Å². The van der Waals surface area contributed by atoms with Gasteiger partial charge in [-0.25, -0.2) is 0 Å². The maximum atomic E-state index is 13.6. The SMILES string of the molecule is CN(C)C(=O)[C@]1(Cc2ccccc2-c2ccccc2)CCCN(C(=O)[C@@H]2CC23CCC3)C1. The van der Waals surface area contributed by atoms with Gasteiger partial charge in [0.25, 0.3) is 0 Å². The molecule has 0 aromatic heterocycles. The highest BCUT2D eigenvalue weighted by atomic mass is 16.2. The van der Waals surface area contributed by atoms with E-state index in [1.54, 1.807) is 4.90 Å². The van der Waals surface area contributed by atoms with E-state index in [0.717, 1.165) is 25.8 Å². The van der Waals surface area contributed by atoms with E-state index < -0.39 is 5.41 Å². The van der Waals surface area contributed by atoms with Gasteiger partial charge in [0.15, 0.2) is 0 Å². The van der Waals surface area contributed by atoms with Crippen LogP contribution in [-0.2, 0) is 16.0 Å². The minimum absolute atomic E-state index is 0.145. The first-order valence-electron chi connectivity index (χ1n) is 12.1. The first-order chi connectivity index (χ1) is 15.4. The Labute approximate surface area is 191 Å². The van der Waals surface area contributed by atoms with E-state index in [2.05, 4.69) is 48.5 Å². The van der Waals surface area contributed by atoms with Crippen molar-refractivity contribution in [3.63, 3.8) is 0 Å². The van der Waals surface area contributed by atoms with E-state index in [4.69, 9.17) is 0 Å². The molecule has 2 aliphatic carbocycles. The number of benzene rings is 2. The second-order valence-corrected chi connectivity index (χ2v) is 10.5. The quantitative estimate of drug-likeness (QED) is 0.685. The van der Waals surface area contributed by atoms with Gasteiger partial charge < -0.3 is 9.80 Å². The van der Waals surface area contributed by atoms with Gasteiger partial charge >= 0.3 is 0 Å². The Kier molecular flexibility index (Phi) is 5.35. The Hall–Kier alpha value is -2.62. The van der Waals surface area contributed by atoms with Crippen molar-refractivity contribution >= 4 is 11.8 Å². The van der Waals surface area contributed by atoms with E-state index in [-0.39, 0.29) is 11.8 Å². The molecule has 0 N–H and O–H groups in total. The number of hydrogen-bond donors (Lipinski definition) is 0. The number of amides is 2. The molecule has 32 heavy (non-hydrogen) atoms. The van der Waals surface area contributed by atoms with Crippen molar-refractivity contribution in [3.05, 3.63) is 60.2 Å². The molecule has 3 aliphatic rings. The lowest BCUT2D eigenvalue weighted by molar-refractivity contribution is -0.148. The highest BCUT2D eigenvalue weighted by Gasteiger charge is 2.62. The Morgan fingerprint density at radius 1 is 0.969 bits per heavy atom. The molecule has 2 aromatic carbocycles. The standard InChI is InChI=1S/C28H34N2O2/c1-29(2)26(32)28(18-22-12-6-7-13-23(22)21-10-4-3-5-11-21)16-9-17-30(20-28)25(31)24-19-27(24)14-8-15-27/h3-7,10-13,24H,8-9,14-20H2,1-2H3/t24-,28-/m0/s1. The van der Waals surface area contributed by atoms with Gasteiger partial charge in [-0.3, -0.25) is 9.59 Å². The lowest BCUT2D eigenvalue weighted by Gasteiger charge is -2.44. The Balaban J connectivity index is 1.44. The van der Waals surface area contributed by atoms with E-state index >= 15 is 0 Å². The highest BCUT2D eigenvalue weighted by molar-refractivity contribution is 5.87. The molecule has 4 heteroatoms. The average molecular weight is 431 g/mol. The summed E-state index contributed by atoms with van der Waals surface area (Å²) in [6, 6.07) is 18.8. The molecule has 0 radical (unpaired) electrons. The fraction of sp³-hybridized carbons (Fsp3) is 0.500. The van der Waals surface area contributed by atoms with E-state index in [0.29, 0.717) is 24.3 Å². The van der Waals surface area contributed by atoms with Crippen LogP contribution in [0.1, 0.15) is 44.1 Å². The molecule has 4 nitrogen and oxygen atoms in total. The minimum atomic E-state index is -0.566. The number of nitrogens with zero attached hydrogens (tertiary/aromatic N) is 2. The number of likely N-dealkylation sites (tertiary alicyclic amines) is 1. The lowest BCUT2D eigenvalue weighted by Crippen LogP contribution is -2.54. The van der Waals surface area contributed by atoms with Gasteiger partial charge in [-0.2, -0.15) is 0 Å². The number of piperidine rings is 1. The summed E-state index contributed by atoms with van der Waals surface area (Å²) < 4.78 is 0. The van der Waals surface area contributed by atoms with Gasteiger partial charge in [-0.05, 0) is 60.6 Å². The molecular formula is C28H34N2O2. The first kappa shape index (κ1) is 21.2. The Bertz CT molecular complexity index is 1010. The lowest BCUT2D eigenvalue weighted by atomic mass is 9.72. The van der Waals surface area contributed by atoms with E-state index in [9.17, 15) is 9.59 Å². The smallest absolute Gasteiger partial charge is 0.230 e. The van der Waals surface area contributed by atoms with Crippen molar-refractivity contribution in [1.29, 1.82) is 0 Å². The number of hydrogen-bond acceptors (Lipinski definition) is 2. The molecule has 0 bridgehead atoms. The Morgan fingerprint density at radius 3 is 2.34 bits per heavy atom. The number of carbonyl (C=O) groups is 2. The van der Waals surface area contributed by atoms with Crippen LogP contribution in [0.15, 0.2) is 54.6 Å². The number of rotatable bonds is 5. The third-order valence-electron chi connectivity index (χ3n) is 8.22. The normalized spacial score (nSPS) is 25.8. The molecule has 2 aromatic rings. The van der Waals surface area contributed by atoms with Crippen molar-refractivity contribution in [1.82, 2.24) is 9.80 Å². The summed E-state index contributed by atoms with van der Waals surface area (Å²) in [5.74, 6) is 0.654. The van der Waals surface area contributed by atoms with Crippen molar-refractivity contribution < 1.29 is 9.59 Å². The van der Waals surface area contributed by atoms with Crippen LogP contribution < -0.4 is 0 Å². The van der Waals surface area contributed by atoms with Crippen LogP contribution in [0, 0.1) is 16.7 Å². The van der Waals surface area contributed by atoms with Crippen molar-refractivity contribution in [2.75, 3.05) is 27.2 Å². The van der Waals surface area contributed by atoms with Gasteiger partial charge in [0.05, 0.1) is 5.41 Å². The predicted octanol–water partition coefficient (Wildman–Crippen LogP) is 4.78. The van der Waals surface area contributed by atoms with Crippen LogP contribution in [0.4, 0.5) is 0 Å². The van der Waals surface area contributed by atoms with Crippen LogP contribution in [0.5, 0.6) is 0 Å². The fourth-order valence-electron chi connectivity index (χ4n) is 6.23. The van der Waals surface area contributed by atoms with Crippen LogP contribution in [-0.4, -0.2) is 48.8 Å². The van der Waals surface area contributed by atoms with Gasteiger partial charge in [0.2, 0.25) is 11.8 Å². The molecule has 168 valence electrons. The summed E-state index contributed by atoms with van der Waals surface area (Å²) in [5.41, 5.74) is 3.29. The van der Waals surface area contributed by atoms with E-state index in [1.807, 2.05) is 25.1 Å². The molecule has 2 amide bonds. The van der Waals surface area contributed by atoms with Gasteiger partial charge in [0.1, 0.15) is 0 Å². The van der Waals surface area contributed by atoms with E-state index in [1.165, 1.54) is 36.0 Å². The molecule has 0 unspecified atom stereocenters. The molecule has 3 fully saturated rings. The summed E-state index contributed by atoms with van der Waals surface area (Å²) in [6.45, 7) is 1.33. The summed E-state index contributed by atoms with van der Waals surface area (Å²) in [6.07, 6.45) is 7.13. The van der Waals surface area contributed by atoms with Crippen LogP contribution in [0.25, 0.3) is 11.1 Å². The second kappa shape index (κ2) is 8.06. The third-order valence-corrected chi connectivity index (χ3v) is 8.22. The monoisotopic (exact) mass is 430 g/mol. The maximum absolute atomic E-state index is 13.6.